The summed E-state index contributed by atoms with van der Waals surface area (Å²) in [6, 6.07) is 15.2. The van der Waals surface area contributed by atoms with E-state index in [2.05, 4.69) is 25.5 Å². The van der Waals surface area contributed by atoms with Gasteiger partial charge in [-0.3, -0.25) is 0 Å². The van der Waals surface area contributed by atoms with E-state index in [1.807, 2.05) is 36.4 Å². The highest BCUT2D eigenvalue weighted by molar-refractivity contribution is 7.98. The highest BCUT2D eigenvalue weighted by atomic mass is 32.2. The lowest BCUT2D eigenvalue weighted by Crippen LogP contribution is -1.92. The van der Waals surface area contributed by atoms with Gasteiger partial charge in [-0.25, -0.2) is 0 Å². The Morgan fingerprint density at radius 1 is 1.03 bits per heavy atom. The average molecular weight is 422 g/mol. The lowest BCUT2D eigenvalue weighted by Gasteiger charge is -2.07. The monoisotopic (exact) mass is 422 g/mol. The minimum Gasteiger partial charge on any atom is -0.493 e. The van der Waals surface area contributed by atoms with E-state index in [1.165, 1.54) is 11.8 Å². The van der Waals surface area contributed by atoms with E-state index >= 15 is 0 Å². The fourth-order valence-corrected chi connectivity index (χ4v) is 3.29. The summed E-state index contributed by atoms with van der Waals surface area (Å²) >= 11 is 1.40. The first-order valence-electron chi connectivity index (χ1n) is 8.94. The van der Waals surface area contributed by atoms with Gasteiger partial charge in [-0.05, 0) is 23.8 Å². The smallest absolute Gasteiger partial charge is 0.247 e. The lowest BCUT2D eigenvalue weighted by molar-refractivity contribution is 0.355. The van der Waals surface area contributed by atoms with Crippen molar-refractivity contribution in [3.8, 4) is 23.0 Å². The highest BCUT2D eigenvalue weighted by Gasteiger charge is 2.13. The number of nitrogens with zero attached hydrogens (tertiary/aromatic N) is 6. The van der Waals surface area contributed by atoms with Crippen molar-refractivity contribution in [1.82, 2.24) is 25.1 Å². The molecule has 0 bridgehead atoms. The van der Waals surface area contributed by atoms with Crippen LogP contribution in [0.3, 0.4) is 0 Å². The number of rotatable bonds is 8. The van der Waals surface area contributed by atoms with Gasteiger partial charge in [0.1, 0.15) is 6.33 Å². The van der Waals surface area contributed by atoms with Gasteiger partial charge in [0.05, 0.1) is 26.2 Å². The van der Waals surface area contributed by atoms with Crippen LogP contribution in [0, 0.1) is 0 Å². The predicted octanol–water partition coefficient (Wildman–Crippen LogP) is 3.52. The summed E-state index contributed by atoms with van der Waals surface area (Å²) < 4.78 is 17.9. The van der Waals surface area contributed by atoms with E-state index in [-0.39, 0.29) is 0 Å². The van der Waals surface area contributed by atoms with Crippen molar-refractivity contribution in [3.63, 3.8) is 0 Å². The minimum atomic E-state index is 0.398. The maximum absolute atomic E-state index is 5.77. The quantitative estimate of drug-likeness (QED) is 0.314. The Hall–Kier alpha value is -3.66. The average Bonchev–Trinajstić information content (AvgIpc) is 3.45. The molecule has 0 unspecified atom stereocenters. The molecule has 10 heteroatoms. The largest absolute Gasteiger partial charge is 0.493 e. The third kappa shape index (κ3) is 4.49. The van der Waals surface area contributed by atoms with Crippen molar-refractivity contribution in [3.05, 3.63) is 66.3 Å². The summed E-state index contributed by atoms with van der Waals surface area (Å²) in [5, 5.41) is 21.2. The van der Waals surface area contributed by atoms with Crippen LogP contribution in [-0.2, 0) is 5.75 Å². The third-order valence-electron chi connectivity index (χ3n) is 4.05. The summed E-state index contributed by atoms with van der Waals surface area (Å²) in [6.45, 7) is 0. The van der Waals surface area contributed by atoms with Gasteiger partial charge in [-0.2, -0.15) is 9.78 Å². The van der Waals surface area contributed by atoms with Crippen LogP contribution in [0.4, 0.5) is 0 Å². The Morgan fingerprint density at radius 2 is 1.87 bits per heavy atom. The second kappa shape index (κ2) is 9.23. The van der Waals surface area contributed by atoms with Crippen molar-refractivity contribution >= 4 is 18.0 Å². The van der Waals surface area contributed by atoms with Crippen LogP contribution in [0.2, 0.25) is 0 Å². The van der Waals surface area contributed by atoms with Crippen LogP contribution >= 0.6 is 11.8 Å². The Balaban J connectivity index is 1.43. The van der Waals surface area contributed by atoms with Crippen LogP contribution < -0.4 is 9.47 Å². The van der Waals surface area contributed by atoms with Crippen LogP contribution in [0.1, 0.15) is 11.5 Å². The standard InChI is InChI=1S/C20H18N6O3S/c1-27-16-9-8-15(10-17(16)28-2)19-24-23-18(29-19)12-30-20-25-21-13-26(20)22-11-14-6-4-3-5-7-14/h3-11,13H,12H2,1-2H3/b22-11+. The molecule has 0 amide bonds. The number of methoxy groups -OCH3 is 2. The van der Waals surface area contributed by atoms with Crippen molar-refractivity contribution in [2.75, 3.05) is 14.2 Å². The molecule has 0 aliphatic rings. The first kappa shape index (κ1) is 19.6. The zero-order valence-electron chi connectivity index (χ0n) is 16.3. The van der Waals surface area contributed by atoms with E-state index in [0.717, 1.165) is 11.1 Å². The number of benzene rings is 2. The molecule has 0 spiro atoms. The Morgan fingerprint density at radius 3 is 2.67 bits per heavy atom. The summed E-state index contributed by atoms with van der Waals surface area (Å²) in [4.78, 5) is 0. The number of hydrogen-bond acceptors (Lipinski definition) is 9. The molecule has 152 valence electrons. The molecule has 9 nitrogen and oxygen atoms in total. The molecule has 2 heterocycles. The molecule has 2 aromatic carbocycles. The van der Waals surface area contributed by atoms with Crippen LogP contribution in [0.5, 0.6) is 11.5 Å². The molecule has 0 radical (unpaired) electrons. The van der Waals surface area contributed by atoms with Gasteiger partial charge in [0.25, 0.3) is 0 Å². The van der Waals surface area contributed by atoms with Crippen molar-refractivity contribution < 1.29 is 13.9 Å². The maximum Gasteiger partial charge on any atom is 0.247 e. The molecule has 0 saturated heterocycles. The zero-order chi connectivity index (χ0) is 20.8. The van der Waals surface area contributed by atoms with Gasteiger partial charge < -0.3 is 13.9 Å². The molecule has 0 saturated carbocycles. The van der Waals surface area contributed by atoms with E-state index in [9.17, 15) is 0 Å². The van der Waals surface area contributed by atoms with E-state index in [1.54, 1.807) is 43.6 Å². The Bertz CT molecular complexity index is 1140. The normalized spacial score (nSPS) is 11.1. The molecule has 0 atom stereocenters. The molecule has 0 aliphatic heterocycles. The van der Waals surface area contributed by atoms with Gasteiger partial charge in [-0.1, -0.05) is 42.1 Å². The third-order valence-corrected chi connectivity index (χ3v) is 4.97. The first-order chi connectivity index (χ1) is 14.8. The number of aromatic nitrogens is 5. The number of hydrogen-bond donors (Lipinski definition) is 0. The summed E-state index contributed by atoms with van der Waals surface area (Å²) in [5.41, 5.74) is 1.73. The topological polar surface area (TPSA) is 100 Å². The number of thioether (sulfide) groups is 1. The molecular formula is C20H18N6O3S. The van der Waals surface area contributed by atoms with Gasteiger partial charge >= 0.3 is 0 Å². The van der Waals surface area contributed by atoms with Gasteiger partial charge in [0, 0.05) is 5.56 Å². The molecule has 0 N–H and O–H groups in total. The first-order valence-corrected chi connectivity index (χ1v) is 9.92. The number of ether oxygens (including phenoxy) is 2. The summed E-state index contributed by atoms with van der Waals surface area (Å²) in [5.74, 6) is 2.52. The molecule has 30 heavy (non-hydrogen) atoms. The zero-order valence-corrected chi connectivity index (χ0v) is 17.1. The molecule has 0 fully saturated rings. The summed E-state index contributed by atoms with van der Waals surface area (Å²) in [6.07, 6.45) is 3.29. The molecule has 0 aliphatic carbocycles. The summed E-state index contributed by atoms with van der Waals surface area (Å²) in [7, 11) is 3.16. The second-order valence-electron chi connectivity index (χ2n) is 5.97. The van der Waals surface area contributed by atoms with E-state index in [0.29, 0.717) is 34.2 Å². The van der Waals surface area contributed by atoms with Crippen LogP contribution in [0.25, 0.3) is 11.5 Å². The van der Waals surface area contributed by atoms with Gasteiger partial charge in [-0.15, -0.1) is 20.4 Å². The fraction of sp³-hybridized carbons (Fsp3) is 0.150. The Labute approximate surface area is 176 Å². The Kier molecular flexibility index (Phi) is 6.04. The molecule has 4 rings (SSSR count). The SMILES string of the molecule is COc1ccc(-c2nnc(CSc3nncn3/N=C/c3ccccc3)o2)cc1OC. The van der Waals surface area contributed by atoms with Crippen molar-refractivity contribution in [2.45, 2.75) is 10.9 Å². The van der Waals surface area contributed by atoms with Gasteiger partial charge in [0.2, 0.25) is 16.9 Å². The van der Waals surface area contributed by atoms with Crippen molar-refractivity contribution in [2.24, 2.45) is 5.10 Å². The highest BCUT2D eigenvalue weighted by Crippen LogP contribution is 2.32. The predicted molar refractivity (Wildman–Crippen MR) is 112 cm³/mol. The second-order valence-corrected chi connectivity index (χ2v) is 6.92. The van der Waals surface area contributed by atoms with Crippen LogP contribution in [0.15, 0.2) is 69.5 Å². The fourth-order valence-electron chi connectivity index (χ4n) is 2.59. The van der Waals surface area contributed by atoms with E-state index in [4.69, 9.17) is 13.9 Å². The van der Waals surface area contributed by atoms with E-state index < -0.39 is 0 Å². The minimum absolute atomic E-state index is 0.398. The van der Waals surface area contributed by atoms with Crippen molar-refractivity contribution in [1.29, 1.82) is 0 Å². The molecular weight excluding hydrogens is 404 g/mol. The molecule has 2 aromatic heterocycles. The lowest BCUT2D eigenvalue weighted by atomic mass is 10.2. The van der Waals surface area contributed by atoms with Crippen LogP contribution in [-0.4, -0.2) is 45.5 Å². The molecule has 4 aromatic rings. The maximum atomic E-state index is 5.77. The van der Waals surface area contributed by atoms with Gasteiger partial charge in [0.15, 0.2) is 11.5 Å².